The Hall–Kier alpha value is -3.02. The SMILES string of the molecule is COc1ccc(-c2c(N)noc2-c2c[nH]ccc2=O)cc1. The Morgan fingerprint density at radius 1 is 1.24 bits per heavy atom. The fourth-order valence-corrected chi connectivity index (χ4v) is 2.12. The summed E-state index contributed by atoms with van der Waals surface area (Å²) in [5.41, 5.74) is 7.49. The lowest BCUT2D eigenvalue weighted by Crippen LogP contribution is -2.02. The van der Waals surface area contributed by atoms with Crippen molar-refractivity contribution in [2.45, 2.75) is 0 Å². The number of ether oxygens (including phenoxy) is 1. The average Bonchev–Trinajstić information content (AvgIpc) is 2.89. The van der Waals surface area contributed by atoms with Gasteiger partial charge in [0.2, 0.25) is 0 Å². The number of hydrogen-bond donors (Lipinski definition) is 2. The normalized spacial score (nSPS) is 10.5. The van der Waals surface area contributed by atoms with Gasteiger partial charge in [0, 0.05) is 18.5 Å². The summed E-state index contributed by atoms with van der Waals surface area (Å²) in [6.45, 7) is 0. The van der Waals surface area contributed by atoms with Gasteiger partial charge in [0.15, 0.2) is 17.0 Å². The van der Waals surface area contributed by atoms with Gasteiger partial charge in [-0.15, -0.1) is 0 Å². The number of nitrogens with one attached hydrogen (secondary N) is 1. The largest absolute Gasteiger partial charge is 0.497 e. The minimum absolute atomic E-state index is 0.167. The summed E-state index contributed by atoms with van der Waals surface area (Å²) in [6.07, 6.45) is 3.12. The van der Waals surface area contributed by atoms with Gasteiger partial charge in [-0.25, -0.2) is 0 Å². The zero-order chi connectivity index (χ0) is 14.8. The molecule has 6 heteroatoms. The van der Waals surface area contributed by atoms with Crippen molar-refractivity contribution in [3.8, 4) is 28.2 Å². The molecule has 0 aliphatic heterocycles. The van der Waals surface area contributed by atoms with Crippen molar-refractivity contribution >= 4 is 5.82 Å². The van der Waals surface area contributed by atoms with Crippen LogP contribution in [0.25, 0.3) is 22.5 Å². The Bertz CT molecular complexity index is 819. The van der Waals surface area contributed by atoms with E-state index in [0.717, 1.165) is 11.3 Å². The Morgan fingerprint density at radius 2 is 2.00 bits per heavy atom. The molecule has 3 N–H and O–H groups in total. The summed E-state index contributed by atoms with van der Waals surface area (Å²) in [5.74, 6) is 1.31. The number of benzene rings is 1. The van der Waals surface area contributed by atoms with Crippen LogP contribution in [0.5, 0.6) is 5.75 Å². The fraction of sp³-hybridized carbons (Fsp3) is 0.0667. The molecule has 0 aliphatic rings. The lowest BCUT2D eigenvalue weighted by molar-refractivity contribution is 0.415. The van der Waals surface area contributed by atoms with Crippen molar-refractivity contribution in [3.05, 3.63) is 52.9 Å². The Kier molecular flexibility index (Phi) is 3.19. The van der Waals surface area contributed by atoms with Gasteiger partial charge in [0.25, 0.3) is 0 Å². The molecule has 0 fully saturated rings. The summed E-state index contributed by atoms with van der Waals surface area (Å²) in [7, 11) is 1.59. The summed E-state index contributed by atoms with van der Waals surface area (Å²) in [4.78, 5) is 14.8. The highest BCUT2D eigenvalue weighted by Crippen LogP contribution is 2.35. The first-order valence-electron chi connectivity index (χ1n) is 6.27. The van der Waals surface area contributed by atoms with Crippen LogP contribution in [0.4, 0.5) is 5.82 Å². The van der Waals surface area contributed by atoms with E-state index in [0.29, 0.717) is 16.9 Å². The minimum atomic E-state index is -0.167. The van der Waals surface area contributed by atoms with Crippen LogP contribution >= 0.6 is 0 Å². The first-order valence-corrected chi connectivity index (χ1v) is 6.27. The van der Waals surface area contributed by atoms with E-state index >= 15 is 0 Å². The summed E-state index contributed by atoms with van der Waals surface area (Å²) in [5, 5.41) is 3.77. The molecule has 0 radical (unpaired) electrons. The molecular formula is C15H13N3O3. The van der Waals surface area contributed by atoms with Gasteiger partial charge in [0.1, 0.15) is 5.75 Å². The van der Waals surface area contributed by atoms with Gasteiger partial charge in [-0.2, -0.15) is 0 Å². The third kappa shape index (κ3) is 2.27. The topological polar surface area (TPSA) is 94.1 Å². The van der Waals surface area contributed by atoms with Crippen LogP contribution in [0.3, 0.4) is 0 Å². The van der Waals surface area contributed by atoms with Gasteiger partial charge in [-0.05, 0) is 17.7 Å². The first kappa shape index (κ1) is 13.0. The number of nitrogens with zero attached hydrogens (tertiary/aromatic N) is 1. The molecule has 0 atom stereocenters. The molecule has 6 nitrogen and oxygen atoms in total. The van der Waals surface area contributed by atoms with Gasteiger partial charge < -0.3 is 20.0 Å². The monoisotopic (exact) mass is 283 g/mol. The van der Waals surface area contributed by atoms with Crippen LogP contribution in [0.1, 0.15) is 0 Å². The van der Waals surface area contributed by atoms with E-state index in [-0.39, 0.29) is 11.2 Å². The van der Waals surface area contributed by atoms with Crippen molar-refractivity contribution in [2.24, 2.45) is 0 Å². The van der Waals surface area contributed by atoms with Gasteiger partial charge >= 0.3 is 0 Å². The molecule has 3 aromatic rings. The number of hydrogen-bond acceptors (Lipinski definition) is 5. The van der Waals surface area contributed by atoms with E-state index in [9.17, 15) is 4.79 Å². The quantitative estimate of drug-likeness (QED) is 0.769. The highest BCUT2D eigenvalue weighted by Gasteiger charge is 2.19. The van der Waals surface area contributed by atoms with Crippen molar-refractivity contribution in [1.29, 1.82) is 0 Å². The molecule has 2 aromatic heterocycles. The predicted molar refractivity (Wildman–Crippen MR) is 79.0 cm³/mol. The fourth-order valence-electron chi connectivity index (χ4n) is 2.12. The second-order valence-electron chi connectivity index (χ2n) is 4.42. The van der Waals surface area contributed by atoms with Crippen LogP contribution < -0.4 is 15.9 Å². The number of aromatic nitrogens is 2. The Balaban J connectivity index is 2.17. The molecule has 3 rings (SSSR count). The molecule has 0 aliphatic carbocycles. The third-order valence-corrected chi connectivity index (χ3v) is 3.17. The maximum Gasteiger partial charge on any atom is 0.192 e. The number of H-pyrrole nitrogens is 1. The predicted octanol–water partition coefficient (Wildman–Crippen LogP) is 2.29. The molecule has 0 saturated heterocycles. The van der Waals surface area contributed by atoms with E-state index in [1.165, 1.54) is 6.07 Å². The third-order valence-electron chi connectivity index (χ3n) is 3.17. The number of aromatic amines is 1. The number of rotatable bonds is 3. The van der Waals surface area contributed by atoms with Crippen molar-refractivity contribution in [1.82, 2.24) is 10.1 Å². The van der Waals surface area contributed by atoms with E-state index in [1.54, 1.807) is 31.6 Å². The zero-order valence-electron chi connectivity index (χ0n) is 11.3. The second-order valence-corrected chi connectivity index (χ2v) is 4.42. The van der Waals surface area contributed by atoms with E-state index in [4.69, 9.17) is 15.0 Å². The van der Waals surface area contributed by atoms with Crippen molar-refractivity contribution in [2.75, 3.05) is 12.8 Å². The number of methoxy groups -OCH3 is 1. The van der Waals surface area contributed by atoms with E-state index in [2.05, 4.69) is 10.1 Å². The standard InChI is InChI=1S/C15H13N3O3/c1-20-10-4-2-9(3-5-10)13-14(21-18-15(13)16)11-8-17-7-6-12(11)19/h2-8H,1H3,(H2,16,18)(H,17,19). The van der Waals surface area contributed by atoms with Crippen LogP contribution in [-0.2, 0) is 0 Å². The zero-order valence-corrected chi connectivity index (χ0v) is 11.3. The highest BCUT2D eigenvalue weighted by atomic mass is 16.5. The van der Waals surface area contributed by atoms with E-state index < -0.39 is 0 Å². The first-order chi connectivity index (χ1) is 10.2. The van der Waals surface area contributed by atoms with Crippen LogP contribution in [0, 0.1) is 0 Å². The van der Waals surface area contributed by atoms with Crippen LogP contribution in [-0.4, -0.2) is 17.3 Å². The van der Waals surface area contributed by atoms with Gasteiger partial charge in [-0.1, -0.05) is 17.3 Å². The molecule has 0 saturated carbocycles. The molecule has 0 amide bonds. The smallest absolute Gasteiger partial charge is 0.192 e. The second kappa shape index (κ2) is 5.16. The number of nitrogens with two attached hydrogens (primary N) is 1. The summed E-state index contributed by atoms with van der Waals surface area (Å²) in [6, 6.07) is 8.71. The maximum absolute atomic E-state index is 11.9. The van der Waals surface area contributed by atoms with Crippen LogP contribution in [0.15, 0.2) is 52.0 Å². The van der Waals surface area contributed by atoms with Crippen LogP contribution in [0.2, 0.25) is 0 Å². The van der Waals surface area contributed by atoms with Crippen molar-refractivity contribution in [3.63, 3.8) is 0 Å². The number of anilines is 1. The summed E-state index contributed by atoms with van der Waals surface area (Å²) < 4.78 is 10.4. The van der Waals surface area contributed by atoms with Gasteiger partial charge in [0.05, 0.1) is 18.2 Å². The molecule has 0 unspecified atom stereocenters. The van der Waals surface area contributed by atoms with E-state index in [1.807, 2.05) is 12.1 Å². The maximum atomic E-state index is 11.9. The Morgan fingerprint density at radius 3 is 2.67 bits per heavy atom. The molecule has 21 heavy (non-hydrogen) atoms. The molecule has 1 aromatic carbocycles. The molecule has 0 spiro atoms. The average molecular weight is 283 g/mol. The number of nitrogen functional groups attached to an aromatic ring is 1. The number of pyridine rings is 1. The lowest BCUT2D eigenvalue weighted by Gasteiger charge is -2.04. The molecule has 106 valence electrons. The molecule has 2 heterocycles. The highest BCUT2D eigenvalue weighted by molar-refractivity contribution is 5.86. The molecule has 0 bridgehead atoms. The lowest BCUT2D eigenvalue weighted by atomic mass is 10.0. The Labute approximate surface area is 120 Å². The van der Waals surface area contributed by atoms with Gasteiger partial charge in [-0.3, -0.25) is 4.79 Å². The molecular weight excluding hydrogens is 270 g/mol. The van der Waals surface area contributed by atoms with Crippen molar-refractivity contribution < 1.29 is 9.26 Å². The summed E-state index contributed by atoms with van der Waals surface area (Å²) >= 11 is 0. The minimum Gasteiger partial charge on any atom is -0.497 e.